The predicted molar refractivity (Wildman–Crippen MR) is 95.4 cm³/mol. The van der Waals surface area contributed by atoms with Gasteiger partial charge in [0, 0.05) is 11.3 Å². The van der Waals surface area contributed by atoms with Crippen molar-refractivity contribution in [1.82, 2.24) is 19.7 Å². The van der Waals surface area contributed by atoms with E-state index in [1.807, 2.05) is 42.5 Å². The van der Waals surface area contributed by atoms with Crippen LogP contribution < -0.4 is 5.32 Å². The fraction of sp³-hybridized carbons (Fsp3) is 0.105. The van der Waals surface area contributed by atoms with Gasteiger partial charge in [0.2, 0.25) is 5.89 Å². The zero-order chi connectivity index (χ0) is 17.1. The number of nitrogens with one attached hydrogen (secondary N) is 1. The van der Waals surface area contributed by atoms with E-state index in [-0.39, 0.29) is 0 Å². The van der Waals surface area contributed by atoms with E-state index in [0.29, 0.717) is 12.4 Å². The van der Waals surface area contributed by atoms with Gasteiger partial charge >= 0.3 is 0 Å². The minimum absolute atomic E-state index is 0.522. The van der Waals surface area contributed by atoms with Crippen molar-refractivity contribution in [3.63, 3.8) is 0 Å². The lowest BCUT2D eigenvalue weighted by Gasteiger charge is -2.05. The first-order valence-corrected chi connectivity index (χ1v) is 7.99. The molecule has 2 aromatic carbocycles. The minimum Gasteiger partial charge on any atom is -0.439 e. The molecule has 4 aromatic rings. The zero-order valence-corrected chi connectivity index (χ0v) is 13.8. The number of hydrogen-bond donors (Lipinski definition) is 1. The highest BCUT2D eigenvalue weighted by Gasteiger charge is 2.08. The fourth-order valence-electron chi connectivity index (χ4n) is 2.62. The number of rotatable bonds is 5. The van der Waals surface area contributed by atoms with Gasteiger partial charge in [0.1, 0.15) is 12.7 Å². The molecule has 0 atom stereocenters. The molecule has 4 rings (SSSR count). The van der Waals surface area contributed by atoms with Crippen molar-refractivity contribution >= 4 is 5.69 Å². The third-order valence-corrected chi connectivity index (χ3v) is 3.96. The molecule has 0 spiro atoms. The maximum atomic E-state index is 5.86. The summed E-state index contributed by atoms with van der Waals surface area (Å²) in [6.07, 6.45) is 4.95. The summed E-state index contributed by atoms with van der Waals surface area (Å²) < 4.78 is 7.57. The highest BCUT2D eigenvalue weighted by Crippen LogP contribution is 2.24. The fourth-order valence-corrected chi connectivity index (χ4v) is 2.62. The van der Waals surface area contributed by atoms with Gasteiger partial charge in [-0.3, -0.25) is 0 Å². The Morgan fingerprint density at radius 2 is 1.92 bits per heavy atom. The van der Waals surface area contributed by atoms with Gasteiger partial charge in [0.15, 0.2) is 5.76 Å². The maximum Gasteiger partial charge on any atom is 0.214 e. The summed E-state index contributed by atoms with van der Waals surface area (Å²) in [5, 5.41) is 7.42. The first-order valence-electron chi connectivity index (χ1n) is 7.99. The van der Waals surface area contributed by atoms with Gasteiger partial charge in [0.25, 0.3) is 0 Å². The number of aryl methyl sites for hydroxylation is 1. The van der Waals surface area contributed by atoms with E-state index in [1.54, 1.807) is 17.2 Å². The lowest BCUT2D eigenvalue weighted by Crippen LogP contribution is -2.00. The van der Waals surface area contributed by atoms with E-state index in [0.717, 1.165) is 22.7 Å². The molecule has 0 saturated heterocycles. The van der Waals surface area contributed by atoms with Crippen LogP contribution in [-0.4, -0.2) is 19.7 Å². The largest absolute Gasteiger partial charge is 0.439 e. The Hall–Kier alpha value is -3.41. The van der Waals surface area contributed by atoms with Crippen LogP contribution >= 0.6 is 0 Å². The summed E-state index contributed by atoms with van der Waals surface area (Å²) in [6.45, 7) is 2.58. The Bertz CT molecular complexity index is 958. The van der Waals surface area contributed by atoms with Crippen LogP contribution in [0.2, 0.25) is 0 Å². The standard InChI is InChI=1S/C19H17N5O/c1-14-4-2-3-5-17(14)18-10-22-19(25-18)11-21-15-6-8-16(9-7-15)24-13-20-12-23-24/h2-10,12-13,21H,11H2,1H3. The molecule has 0 aliphatic heterocycles. The highest BCUT2D eigenvalue weighted by molar-refractivity contribution is 5.60. The molecule has 0 saturated carbocycles. The molecule has 25 heavy (non-hydrogen) atoms. The summed E-state index contributed by atoms with van der Waals surface area (Å²) >= 11 is 0. The van der Waals surface area contributed by atoms with Gasteiger partial charge in [-0.05, 0) is 36.8 Å². The molecule has 0 amide bonds. The molecule has 0 aliphatic rings. The van der Waals surface area contributed by atoms with Crippen molar-refractivity contribution in [2.45, 2.75) is 13.5 Å². The van der Waals surface area contributed by atoms with Gasteiger partial charge in [-0.15, -0.1) is 0 Å². The highest BCUT2D eigenvalue weighted by atomic mass is 16.4. The van der Waals surface area contributed by atoms with Crippen LogP contribution in [0.4, 0.5) is 5.69 Å². The second kappa shape index (κ2) is 6.60. The van der Waals surface area contributed by atoms with E-state index < -0.39 is 0 Å². The van der Waals surface area contributed by atoms with Crippen molar-refractivity contribution in [3.05, 3.63) is 78.8 Å². The van der Waals surface area contributed by atoms with Crippen LogP contribution in [-0.2, 0) is 6.54 Å². The van der Waals surface area contributed by atoms with Crippen molar-refractivity contribution in [1.29, 1.82) is 0 Å². The van der Waals surface area contributed by atoms with Crippen molar-refractivity contribution in [3.8, 4) is 17.0 Å². The molecule has 2 heterocycles. The Morgan fingerprint density at radius 1 is 1.08 bits per heavy atom. The number of anilines is 1. The molecule has 0 unspecified atom stereocenters. The Kier molecular flexibility index (Phi) is 4.00. The second-order valence-electron chi connectivity index (χ2n) is 5.67. The molecule has 0 aliphatic carbocycles. The number of benzene rings is 2. The number of hydrogen-bond acceptors (Lipinski definition) is 5. The van der Waals surface area contributed by atoms with Gasteiger partial charge < -0.3 is 9.73 Å². The Morgan fingerprint density at radius 3 is 2.68 bits per heavy atom. The lowest BCUT2D eigenvalue weighted by atomic mass is 10.1. The third-order valence-electron chi connectivity index (χ3n) is 3.96. The number of aromatic nitrogens is 4. The van der Waals surface area contributed by atoms with Crippen LogP contribution in [0.5, 0.6) is 0 Å². The minimum atomic E-state index is 0.522. The third kappa shape index (κ3) is 3.28. The lowest BCUT2D eigenvalue weighted by molar-refractivity contribution is 0.516. The van der Waals surface area contributed by atoms with Crippen molar-refractivity contribution in [2.75, 3.05) is 5.32 Å². The zero-order valence-electron chi connectivity index (χ0n) is 13.8. The van der Waals surface area contributed by atoms with Gasteiger partial charge in [-0.25, -0.2) is 14.6 Å². The maximum absolute atomic E-state index is 5.86. The van der Waals surface area contributed by atoms with E-state index in [9.17, 15) is 0 Å². The normalized spacial score (nSPS) is 10.8. The molecular weight excluding hydrogens is 314 g/mol. The quantitative estimate of drug-likeness (QED) is 0.602. The van der Waals surface area contributed by atoms with Crippen molar-refractivity contribution < 1.29 is 4.42 Å². The molecule has 6 nitrogen and oxygen atoms in total. The molecule has 0 bridgehead atoms. The summed E-state index contributed by atoms with van der Waals surface area (Å²) in [5.41, 5.74) is 4.18. The second-order valence-corrected chi connectivity index (χ2v) is 5.67. The van der Waals surface area contributed by atoms with Crippen LogP contribution in [0.3, 0.4) is 0 Å². The molecular formula is C19H17N5O. The number of oxazole rings is 1. The number of nitrogens with zero attached hydrogens (tertiary/aromatic N) is 4. The average molecular weight is 331 g/mol. The van der Waals surface area contributed by atoms with Crippen LogP contribution in [0, 0.1) is 6.92 Å². The van der Waals surface area contributed by atoms with Crippen LogP contribution in [0.25, 0.3) is 17.0 Å². The van der Waals surface area contributed by atoms with Crippen LogP contribution in [0.1, 0.15) is 11.5 Å². The smallest absolute Gasteiger partial charge is 0.214 e. The summed E-state index contributed by atoms with van der Waals surface area (Å²) in [6, 6.07) is 16.0. The molecule has 0 fully saturated rings. The van der Waals surface area contributed by atoms with E-state index in [4.69, 9.17) is 4.42 Å². The summed E-state index contributed by atoms with van der Waals surface area (Å²) in [5.74, 6) is 1.44. The first-order chi connectivity index (χ1) is 12.3. The predicted octanol–water partition coefficient (Wildman–Crippen LogP) is 3.84. The summed E-state index contributed by atoms with van der Waals surface area (Å²) in [4.78, 5) is 8.30. The van der Waals surface area contributed by atoms with Crippen LogP contribution in [0.15, 0.2) is 71.8 Å². The van der Waals surface area contributed by atoms with E-state index in [1.165, 1.54) is 11.9 Å². The molecule has 0 radical (unpaired) electrons. The van der Waals surface area contributed by atoms with Gasteiger partial charge in [-0.1, -0.05) is 24.3 Å². The summed E-state index contributed by atoms with van der Waals surface area (Å²) in [7, 11) is 0. The average Bonchev–Trinajstić information content (AvgIpc) is 3.33. The van der Waals surface area contributed by atoms with Gasteiger partial charge in [0.05, 0.1) is 18.4 Å². The monoisotopic (exact) mass is 331 g/mol. The first kappa shape index (κ1) is 15.1. The van der Waals surface area contributed by atoms with Gasteiger partial charge in [-0.2, -0.15) is 5.10 Å². The molecule has 124 valence electrons. The Balaban J connectivity index is 1.43. The molecule has 6 heteroatoms. The molecule has 2 aromatic heterocycles. The van der Waals surface area contributed by atoms with Crippen molar-refractivity contribution in [2.24, 2.45) is 0 Å². The van der Waals surface area contributed by atoms with E-state index in [2.05, 4.69) is 33.4 Å². The topological polar surface area (TPSA) is 68.8 Å². The molecule has 1 N–H and O–H groups in total. The Labute approximate surface area is 145 Å². The van der Waals surface area contributed by atoms with E-state index >= 15 is 0 Å². The SMILES string of the molecule is Cc1ccccc1-c1cnc(CNc2ccc(-n3cncn3)cc2)o1.